The van der Waals surface area contributed by atoms with Gasteiger partial charge in [0.1, 0.15) is 11.2 Å². The molecule has 0 saturated carbocycles. The van der Waals surface area contributed by atoms with Crippen LogP contribution in [0.1, 0.15) is 67.6 Å². The highest BCUT2D eigenvalue weighted by Gasteiger charge is 2.48. The van der Waals surface area contributed by atoms with E-state index >= 15 is 0 Å². The number of likely N-dealkylation sites (tertiary alicyclic amines) is 1. The van der Waals surface area contributed by atoms with E-state index in [0.29, 0.717) is 37.7 Å². The first-order valence-electron chi connectivity index (χ1n) is 18.1. The van der Waals surface area contributed by atoms with Crippen molar-refractivity contribution in [2.24, 2.45) is 0 Å². The lowest BCUT2D eigenvalue weighted by atomic mass is 9.85. The number of aromatic nitrogens is 1. The van der Waals surface area contributed by atoms with Gasteiger partial charge in [-0.25, -0.2) is 18.6 Å². The number of hydrogen-bond donors (Lipinski definition) is 1. The van der Waals surface area contributed by atoms with Gasteiger partial charge in [0.25, 0.3) is 6.43 Å². The summed E-state index contributed by atoms with van der Waals surface area (Å²) in [6.07, 6.45) is -4.29. The number of carbonyl (C=O) groups excluding carboxylic acids is 1. The normalized spacial score (nSPS) is 17.4. The molecule has 0 aliphatic carbocycles. The van der Waals surface area contributed by atoms with Gasteiger partial charge in [0, 0.05) is 39.1 Å². The molecule has 1 N–H and O–H groups in total. The van der Waals surface area contributed by atoms with Crippen LogP contribution in [-0.4, -0.2) is 45.3 Å². The fraction of sp³-hybridized carbons (Fsp3) is 0.318. The van der Waals surface area contributed by atoms with Crippen molar-refractivity contribution in [2.75, 3.05) is 16.3 Å². The minimum atomic E-state index is -3.00. The van der Waals surface area contributed by atoms with Crippen LogP contribution in [0.2, 0.25) is 0 Å². The maximum Gasteiger partial charge on any atom is 0.410 e. The number of anilines is 2. The van der Waals surface area contributed by atoms with E-state index in [9.17, 15) is 18.7 Å². The molecule has 276 valence electrons. The molecule has 7 nitrogen and oxygen atoms in total. The first-order chi connectivity index (χ1) is 25.5. The van der Waals surface area contributed by atoms with E-state index in [2.05, 4.69) is 58.3 Å². The number of benzene rings is 4. The molecule has 1 aliphatic rings. The molecule has 5 aromatic rings. The molecule has 0 radical (unpaired) electrons. The molecule has 2 heterocycles. The molecule has 9 heteroatoms. The molecule has 1 fully saturated rings. The van der Waals surface area contributed by atoms with Gasteiger partial charge in [-0.15, -0.1) is 0 Å². The van der Waals surface area contributed by atoms with Crippen molar-refractivity contribution in [3.05, 3.63) is 161 Å². The van der Waals surface area contributed by atoms with E-state index in [1.807, 2.05) is 84.9 Å². The van der Waals surface area contributed by atoms with Gasteiger partial charge in [0.2, 0.25) is 0 Å². The van der Waals surface area contributed by atoms with Gasteiger partial charge >= 0.3 is 6.09 Å². The lowest BCUT2D eigenvalue weighted by molar-refractivity contribution is -0.139. The Morgan fingerprint density at radius 2 is 1.19 bits per heavy atom. The predicted molar refractivity (Wildman–Crippen MR) is 206 cm³/mol. The van der Waals surface area contributed by atoms with Crippen molar-refractivity contribution in [1.29, 1.82) is 0 Å². The van der Waals surface area contributed by atoms with Gasteiger partial charge in [-0.05, 0) is 61.6 Å². The molecular weight excluding hydrogens is 671 g/mol. The molecule has 0 bridgehead atoms. The van der Waals surface area contributed by atoms with Crippen LogP contribution in [-0.2, 0) is 30.9 Å². The second-order valence-corrected chi connectivity index (χ2v) is 14.8. The third-order valence-electron chi connectivity index (χ3n) is 9.47. The van der Waals surface area contributed by atoms with E-state index in [4.69, 9.17) is 9.72 Å². The highest BCUT2D eigenvalue weighted by Crippen LogP contribution is 2.42. The minimum Gasteiger partial charge on any atom is -0.444 e. The summed E-state index contributed by atoms with van der Waals surface area (Å²) in [6.45, 7) is 7.36. The largest absolute Gasteiger partial charge is 0.444 e. The maximum atomic E-state index is 14.4. The second kappa shape index (κ2) is 16.6. The first kappa shape index (κ1) is 37.5. The summed E-state index contributed by atoms with van der Waals surface area (Å²) in [5.74, 6) is 0.636. The lowest BCUT2D eigenvalue weighted by Crippen LogP contribution is -2.52. The van der Waals surface area contributed by atoms with Crippen LogP contribution < -0.4 is 9.80 Å². The Kier molecular flexibility index (Phi) is 11.7. The summed E-state index contributed by atoms with van der Waals surface area (Å²) in [5.41, 5.74) is 2.51. The van der Waals surface area contributed by atoms with Gasteiger partial charge in [-0.3, -0.25) is 4.90 Å². The van der Waals surface area contributed by atoms with Crippen LogP contribution in [0, 0.1) is 0 Å². The zero-order chi connectivity index (χ0) is 37.4. The summed E-state index contributed by atoms with van der Waals surface area (Å²) in [5, 5.41) is 11.2. The number of rotatable bonds is 12. The Morgan fingerprint density at radius 3 is 1.60 bits per heavy atom. The highest BCUT2D eigenvalue weighted by atomic mass is 19.3. The topological polar surface area (TPSA) is 69.1 Å². The summed E-state index contributed by atoms with van der Waals surface area (Å²) >= 11 is 0. The lowest BCUT2D eigenvalue weighted by Gasteiger charge is -2.43. The van der Waals surface area contributed by atoms with Crippen LogP contribution in [0.15, 0.2) is 133 Å². The standard InChI is InChI=1S/C44H48F2N4O3/c1-43(2,3)53-42(51)50-27-26-44(52,41(45)46)28-39(50)37-24-25-38(48(29-33-16-8-4-9-17-33)30-34-18-10-5-11-19-34)40(47-37)49(31-35-20-12-6-13-21-35)32-36-22-14-7-15-23-36/h4-25,39,41,52H,26-32H2,1-3H3/t39-,44+/m0/s1. The molecule has 0 spiro atoms. The summed E-state index contributed by atoms with van der Waals surface area (Å²) in [7, 11) is 0. The van der Waals surface area contributed by atoms with Crippen LogP contribution in [0.3, 0.4) is 0 Å². The monoisotopic (exact) mass is 718 g/mol. The Bertz CT molecular complexity index is 1830. The number of pyridine rings is 1. The Labute approximate surface area is 311 Å². The van der Waals surface area contributed by atoms with Gasteiger partial charge < -0.3 is 19.6 Å². The van der Waals surface area contributed by atoms with Crippen LogP contribution in [0.25, 0.3) is 0 Å². The van der Waals surface area contributed by atoms with Crippen molar-refractivity contribution in [2.45, 2.75) is 83.5 Å². The molecule has 1 aromatic heterocycles. The van der Waals surface area contributed by atoms with Crippen LogP contribution in [0.4, 0.5) is 25.1 Å². The zero-order valence-electron chi connectivity index (χ0n) is 30.6. The number of halogens is 2. The number of aliphatic hydroxyl groups is 1. The number of alkyl halides is 2. The molecule has 1 aliphatic heterocycles. The summed E-state index contributed by atoms with van der Waals surface area (Å²) in [4.78, 5) is 24.9. The molecule has 6 rings (SSSR count). The van der Waals surface area contributed by atoms with Crippen molar-refractivity contribution < 1.29 is 23.4 Å². The van der Waals surface area contributed by atoms with Gasteiger partial charge in [-0.2, -0.15) is 0 Å². The number of nitrogens with zero attached hydrogens (tertiary/aromatic N) is 4. The number of amides is 1. The molecule has 2 atom stereocenters. The summed E-state index contributed by atoms with van der Waals surface area (Å²) in [6, 6.07) is 43.5. The molecule has 4 aromatic carbocycles. The van der Waals surface area contributed by atoms with E-state index in [0.717, 1.165) is 27.9 Å². The SMILES string of the molecule is CC(C)(C)OC(=O)N1CC[C@](O)(C(F)F)C[C@H]1c1ccc(N(Cc2ccccc2)Cc2ccccc2)c(N(Cc2ccccc2)Cc2ccccc2)n1. The maximum absolute atomic E-state index is 14.4. The van der Waals surface area contributed by atoms with E-state index in [1.165, 1.54) is 4.90 Å². The zero-order valence-corrected chi connectivity index (χ0v) is 30.6. The number of ether oxygens (including phenoxy) is 1. The Morgan fingerprint density at radius 1 is 0.755 bits per heavy atom. The number of hydrogen-bond acceptors (Lipinski definition) is 6. The van der Waals surface area contributed by atoms with Crippen molar-refractivity contribution >= 4 is 17.6 Å². The Balaban J connectivity index is 1.52. The van der Waals surface area contributed by atoms with E-state index in [1.54, 1.807) is 20.8 Å². The minimum absolute atomic E-state index is 0.106. The predicted octanol–water partition coefficient (Wildman–Crippen LogP) is 9.56. The van der Waals surface area contributed by atoms with Crippen molar-refractivity contribution in [3.63, 3.8) is 0 Å². The fourth-order valence-corrected chi connectivity index (χ4v) is 6.79. The summed E-state index contributed by atoms with van der Waals surface area (Å²) < 4.78 is 34.7. The van der Waals surface area contributed by atoms with E-state index < -0.39 is 29.8 Å². The van der Waals surface area contributed by atoms with Crippen LogP contribution in [0.5, 0.6) is 0 Å². The van der Waals surface area contributed by atoms with Gasteiger partial charge in [0.15, 0.2) is 5.82 Å². The van der Waals surface area contributed by atoms with Crippen LogP contribution >= 0.6 is 0 Å². The fourth-order valence-electron chi connectivity index (χ4n) is 6.79. The van der Waals surface area contributed by atoms with Gasteiger partial charge in [0.05, 0.1) is 17.4 Å². The quantitative estimate of drug-likeness (QED) is 0.139. The van der Waals surface area contributed by atoms with Gasteiger partial charge in [-0.1, -0.05) is 121 Å². The molecule has 53 heavy (non-hydrogen) atoms. The van der Waals surface area contributed by atoms with Crippen molar-refractivity contribution in [3.8, 4) is 0 Å². The third-order valence-corrected chi connectivity index (χ3v) is 9.47. The average Bonchev–Trinajstić information content (AvgIpc) is 3.15. The van der Waals surface area contributed by atoms with Crippen molar-refractivity contribution in [1.82, 2.24) is 9.88 Å². The molecular formula is C44H48F2N4O3. The second-order valence-electron chi connectivity index (χ2n) is 14.8. The number of piperidine rings is 1. The van der Waals surface area contributed by atoms with E-state index in [-0.39, 0.29) is 19.4 Å². The highest BCUT2D eigenvalue weighted by molar-refractivity contribution is 5.71. The molecule has 1 amide bonds. The smallest absolute Gasteiger partial charge is 0.410 e. The average molecular weight is 719 g/mol. The third kappa shape index (κ3) is 9.78. The molecule has 1 saturated heterocycles. The number of carbonyl (C=O) groups is 1. The molecule has 0 unspecified atom stereocenters. The first-order valence-corrected chi connectivity index (χ1v) is 18.1. The Hall–Kier alpha value is -5.28.